The third-order valence-electron chi connectivity index (χ3n) is 4.23. The largest absolute Gasteiger partial charge is 0.481 e. The van der Waals surface area contributed by atoms with Gasteiger partial charge >= 0.3 is 12.0 Å². The van der Waals surface area contributed by atoms with Crippen LogP contribution in [0.5, 0.6) is 0 Å². The maximum Gasteiger partial charge on any atom is 0.317 e. The van der Waals surface area contributed by atoms with Crippen LogP contribution in [-0.4, -0.2) is 45.1 Å². The van der Waals surface area contributed by atoms with Gasteiger partial charge in [0.25, 0.3) is 0 Å². The van der Waals surface area contributed by atoms with Gasteiger partial charge in [-0.3, -0.25) is 4.79 Å². The summed E-state index contributed by atoms with van der Waals surface area (Å²) in [5, 5.41) is 12.1. The van der Waals surface area contributed by atoms with Gasteiger partial charge in [-0.25, -0.2) is 9.78 Å². The van der Waals surface area contributed by atoms with Crippen molar-refractivity contribution in [3.05, 3.63) is 18.2 Å². The molecule has 2 amide bonds. The van der Waals surface area contributed by atoms with Crippen LogP contribution in [0.15, 0.2) is 12.4 Å². The Morgan fingerprint density at radius 3 is 2.67 bits per heavy atom. The van der Waals surface area contributed by atoms with Crippen LogP contribution in [0.2, 0.25) is 0 Å². The number of aromatic amines is 1. The lowest BCUT2D eigenvalue weighted by molar-refractivity contribution is -0.150. The van der Waals surface area contributed by atoms with Gasteiger partial charge in [0.2, 0.25) is 0 Å². The minimum atomic E-state index is -0.787. The lowest BCUT2D eigenvalue weighted by atomic mass is 9.80. The number of piperidine rings is 1. The molecule has 7 nitrogen and oxygen atoms in total. The average molecular weight is 294 g/mol. The fourth-order valence-corrected chi connectivity index (χ4v) is 2.49. The molecule has 1 aromatic rings. The second-order valence-corrected chi connectivity index (χ2v) is 5.74. The maximum absolute atomic E-state index is 12.3. The molecule has 0 radical (unpaired) electrons. The molecule has 0 saturated carbocycles. The zero-order chi connectivity index (χ0) is 15.5. The molecule has 21 heavy (non-hydrogen) atoms. The van der Waals surface area contributed by atoms with Crippen LogP contribution in [0.3, 0.4) is 0 Å². The number of aromatic nitrogens is 2. The molecule has 1 fully saturated rings. The summed E-state index contributed by atoms with van der Waals surface area (Å²) in [4.78, 5) is 32.3. The Morgan fingerprint density at radius 2 is 2.19 bits per heavy atom. The molecule has 7 heteroatoms. The highest BCUT2D eigenvalue weighted by Crippen LogP contribution is 2.31. The van der Waals surface area contributed by atoms with E-state index >= 15 is 0 Å². The van der Waals surface area contributed by atoms with Crippen molar-refractivity contribution >= 4 is 12.0 Å². The van der Waals surface area contributed by atoms with E-state index in [1.54, 1.807) is 24.2 Å². The number of amides is 2. The van der Waals surface area contributed by atoms with Gasteiger partial charge in [0.15, 0.2) is 0 Å². The monoisotopic (exact) mass is 294 g/mol. The molecular formula is C14H22N4O3. The van der Waals surface area contributed by atoms with Gasteiger partial charge in [-0.1, -0.05) is 6.92 Å². The number of carbonyl (C=O) groups excluding carboxylic acids is 1. The number of carboxylic acid groups (broad SMARTS) is 1. The van der Waals surface area contributed by atoms with Gasteiger partial charge in [0.05, 0.1) is 11.5 Å². The Bertz CT molecular complexity index is 492. The number of hydrogen-bond acceptors (Lipinski definition) is 3. The fraction of sp³-hybridized carbons (Fsp3) is 0.643. The first kappa shape index (κ1) is 15.3. The van der Waals surface area contributed by atoms with Gasteiger partial charge in [0.1, 0.15) is 5.82 Å². The molecule has 0 aromatic carbocycles. The highest BCUT2D eigenvalue weighted by Gasteiger charge is 2.38. The normalized spacial score (nSPS) is 19.0. The zero-order valence-corrected chi connectivity index (χ0v) is 12.4. The summed E-state index contributed by atoms with van der Waals surface area (Å²) in [6.07, 6.45) is 5.08. The van der Waals surface area contributed by atoms with E-state index in [-0.39, 0.29) is 12.1 Å². The SMILES string of the molecule is CCC(NC(=O)N1CCC(C)(C(=O)O)CC1)c1ncc[nH]1. The summed E-state index contributed by atoms with van der Waals surface area (Å²) in [6, 6.07) is -0.314. The van der Waals surface area contributed by atoms with Gasteiger partial charge in [-0.2, -0.15) is 0 Å². The van der Waals surface area contributed by atoms with Crippen molar-refractivity contribution < 1.29 is 14.7 Å². The predicted molar refractivity (Wildman–Crippen MR) is 76.7 cm³/mol. The third-order valence-corrected chi connectivity index (χ3v) is 4.23. The van der Waals surface area contributed by atoms with Crippen LogP contribution in [0.1, 0.15) is 45.0 Å². The number of likely N-dealkylation sites (tertiary alicyclic amines) is 1. The van der Waals surface area contributed by atoms with Crippen molar-refractivity contribution in [2.24, 2.45) is 5.41 Å². The van der Waals surface area contributed by atoms with Crippen molar-refractivity contribution in [2.75, 3.05) is 13.1 Å². The van der Waals surface area contributed by atoms with Gasteiger partial charge in [-0.15, -0.1) is 0 Å². The molecule has 0 spiro atoms. The number of carbonyl (C=O) groups is 2. The van der Waals surface area contributed by atoms with Crippen LogP contribution in [0, 0.1) is 5.41 Å². The van der Waals surface area contributed by atoms with Crippen LogP contribution in [0.25, 0.3) is 0 Å². The van der Waals surface area contributed by atoms with Crippen molar-refractivity contribution in [1.82, 2.24) is 20.2 Å². The number of aliphatic carboxylic acids is 1. The number of H-pyrrole nitrogens is 1. The Labute approximate surface area is 123 Å². The van der Waals surface area contributed by atoms with Crippen molar-refractivity contribution in [1.29, 1.82) is 0 Å². The van der Waals surface area contributed by atoms with E-state index in [4.69, 9.17) is 0 Å². The quantitative estimate of drug-likeness (QED) is 0.788. The van der Waals surface area contributed by atoms with E-state index < -0.39 is 11.4 Å². The molecule has 1 saturated heterocycles. The van der Waals surface area contributed by atoms with E-state index in [0.29, 0.717) is 25.9 Å². The van der Waals surface area contributed by atoms with Crippen molar-refractivity contribution in [3.63, 3.8) is 0 Å². The Kier molecular flexibility index (Phi) is 4.50. The second-order valence-electron chi connectivity index (χ2n) is 5.74. The van der Waals surface area contributed by atoms with Crippen LogP contribution >= 0.6 is 0 Å². The summed E-state index contributed by atoms with van der Waals surface area (Å²) < 4.78 is 0. The van der Waals surface area contributed by atoms with Gasteiger partial charge in [0, 0.05) is 25.5 Å². The summed E-state index contributed by atoms with van der Waals surface area (Å²) in [6.45, 7) is 4.64. The van der Waals surface area contributed by atoms with Crippen LogP contribution in [0.4, 0.5) is 4.79 Å². The highest BCUT2D eigenvalue weighted by atomic mass is 16.4. The molecule has 1 aliphatic rings. The van der Waals surface area contributed by atoms with Gasteiger partial charge < -0.3 is 20.3 Å². The molecule has 1 atom stereocenters. The van der Waals surface area contributed by atoms with E-state index in [1.807, 2.05) is 6.92 Å². The van der Waals surface area contributed by atoms with Crippen molar-refractivity contribution in [3.8, 4) is 0 Å². The summed E-state index contributed by atoms with van der Waals surface area (Å²) in [5.41, 5.74) is -0.720. The summed E-state index contributed by atoms with van der Waals surface area (Å²) in [5.74, 6) is -0.0530. The maximum atomic E-state index is 12.3. The van der Waals surface area contributed by atoms with E-state index in [9.17, 15) is 14.7 Å². The molecule has 2 heterocycles. The fourth-order valence-electron chi connectivity index (χ4n) is 2.49. The number of hydrogen-bond donors (Lipinski definition) is 3. The minimum Gasteiger partial charge on any atom is -0.481 e. The Morgan fingerprint density at radius 1 is 1.52 bits per heavy atom. The lowest BCUT2D eigenvalue weighted by Crippen LogP contribution is -2.49. The lowest BCUT2D eigenvalue weighted by Gasteiger charge is -2.36. The van der Waals surface area contributed by atoms with E-state index in [2.05, 4.69) is 15.3 Å². The molecule has 1 unspecified atom stereocenters. The molecular weight excluding hydrogens is 272 g/mol. The highest BCUT2D eigenvalue weighted by molar-refractivity contribution is 5.77. The standard InChI is InChI=1S/C14H22N4O3/c1-3-10(11-15-6-7-16-11)17-13(21)18-8-4-14(2,5-9-18)12(19)20/h6-7,10H,3-5,8-9H2,1-2H3,(H,15,16)(H,17,21)(H,19,20). The van der Waals surface area contributed by atoms with Crippen LogP contribution in [-0.2, 0) is 4.79 Å². The molecule has 1 aromatic heterocycles. The second kappa shape index (κ2) is 6.15. The number of urea groups is 1. The summed E-state index contributed by atoms with van der Waals surface area (Å²) >= 11 is 0. The molecule has 2 rings (SSSR count). The van der Waals surface area contributed by atoms with E-state index in [0.717, 1.165) is 12.2 Å². The minimum absolute atomic E-state index is 0.153. The first-order valence-electron chi connectivity index (χ1n) is 7.24. The topological polar surface area (TPSA) is 98.3 Å². The first-order valence-corrected chi connectivity index (χ1v) is 7.24. The zero-order valence-electron chi connectivity index (χ0n) is 12.4. The summed E-state index contributed by atoms with van der Waals surface area (Å²) in [7, 11) is 0. The van der Waals surface area contributed by atoms with Crippen molar-refractivity contribution in [2.45, 2.75) is 39.2 Å². The Balaban J connectivity index is 1.92. The number of nitrogens with zero attached hydrogens (tertiary/aromatic N) is 2. The molecule has 3 N–H and O–H groups in total. The first-order chi connectivity index (χ1) is 9.96. The molecule has 0 aliphatic carbocycles. The van der Waals surface area contributed by atoms with Crippen LogP contribution < -0.4 is 5.32 Å². The molecule has 1 aliphatic heterocycles. The number of rotatable bonds is 4. The number of nitrogens with one attached hydrogen (secondary N) is 2. The number of carboxylic acids is 1. The van der Waals surface area contributed by atoms with Gasteiger partial charge in [-0.05, 0) is 26.2 Å². The van der Waals surface area contributed by atoms with E-state index in [1.165, 1.54) is 0 Å². The predicted octanol–water partition coefficient (Wildman–Crippen LogP) is 1.76. The average Bonchev–Trinajstić information content (AvgIpc) is 2.99. The Hall–Kier alpha value is -2.05. The molecule has 0 bridgehead atoms. The number of imidazole rings is 1. The third kappa shape index (κ3) is 3.34. The smallest absolute Gasteiger partial charge is 0.317 e. The molecule has 116 valence electrons.